The zero-order chi connectivity index (χ0) is 13.3. The van der Waals surface area contributed by atoms with Crippen LogP contribution in [0.4, 0.5) is 13.2 Å². The predicted octanol–water partition coefficient (Wildman–Crippen LogP) is 3.62. The maximum Gasteiger partial charge on any atom is 0.417 e. The quantitative estimate of drug-likeness (QED) is 0.643. The fourth-order valence-electron chi connectivity index (χ4n) is 2.01. The van der Waals surface area contributed by atoms with Gasteiger partial charge < -0.3 is 4.98 Å². The molecule has 0 aliphatic rings. The van der Waals surface area contributed by atoms with Crippen LogP contribution in [0, 0.1) is 6.92 Å². The number of fused-ring (bicyclic) bond motifs is 1. The van der Waals surface area contributed by atoms with E-state index in [1.54, 1.807) is 31.2 Å². The molecule has 0 spiro atoms. The standard InChI is InChI=1S/C13H10F3NO/c1-8-12(10(6-7-18)13(14,15)16)9-4-2-3-5-11(9)17-8/h2-7,17H,1H3/b10-6+. The minimum absolute atomic E-state index is 0.0326. The van der Waals surface area contributed by atoms with E-state index in [1.165, 1.54) is 0 Å². The van der Waals surface area contributed by atoms with Gasteiger partial charge >= 0.3 is 6.18 Å². The summed E-state index contributed by atoms with van der Waals surface area (Å²) < 4.78 is 38.8. The van der Waals surface area contributed by atoms with Crippen molar-refractivity contribution in [3.63, 3.8) is 0 Å². The number of hydrogen-bond acceptors (Lipinski definition) is 1. The molecule has 0 atom stereocenters. The van der Waals surface area contributed by atoms with Crippen LogP contribution in [0.25, 0.3) is 16.5 Å². The highest BCUT2D eigenvalue weighted by Gasteiger charge is 2.36. The SMILES string of the molecule is Cc1[nH]c2ccccc2c1/C(=C\C=O)C(F)(F)F. The van der Waals surface area contributed by atoms with E-state index in [0.717, 1.165) is 0 Å². The zero-order valence-electron chi connectivity index (χ0n) is 9.51. The Hall–Kier alpha value is -2.04. The predicted molar refractivity (Wildman–Crippen MR) is 63.1 cm³/mol. The Bertz CT molecular complexity index is 623. The molecule has 0 amide bonds. The lowest BCUT2D eigenvalue weighted by atomic mass is 10.0. The normalized spacial score (nSPS) is 13.0. The molecule has 0 bridgehead atoms. The van der Waals surface area contributed by atoms with Gasteiger partial charge in [-0.2, -0.15) is 13.2 Å². The van der Waals surface area contributed by atoms with Crippen molar-refractivity contribution < 1.29 is 18.0 Å². The molecular formula is C13H10F3NO. The second-order valence-electron chi connectivity index (χ2n) is 3.88. The number of alkyl halides is 3. The molecule has 94 valence electrons. The number of allylic oxidation sites excluding steroid dienone is 2. The number of carbonyl (C=O) groups excluding carboxylic acids is 1. The Kier molecular flexibility index (Phi) is 2.98. The molecule has 18 heavy (non-hydrogen) atoms. The van der Waals surface area contributed by atoms with Crippen LogP contribution in [0.1, 0.15) is 11.3 Å². The number of aryl methyl sites for hydroxylation is 1. The molecule has 1 aromatic carbocycles. The summed E-state index contributed by atoms with van der Waals surface area (Å²) in [5.74, 6) is 0. The van der Waals surface area contributed by atoms with Gasteiger partial charge in [0.05, 0.1) is 5.57 Å². The van der Waals surface area contributed by atoms with E-state index >= 15 is 0 Å². The second kappa shape index (κ2) is 4.33. The van der Waals surface area contributed by atoms with Crippen molar-refractivity contribution in [2.75, 3.05) is 0 Å². The molecule has 0 saturated heterocycles. The van der Waals surface area contributed by atoms with E-state index in [9.17, 15) is 18.0 Å². The minimum Gasteiger partial charge on any atom is -0.358 e. The van der Waals surface area contributed by atoms with Crippen molar-refractivity contribution in [2.45, 2.75) is 13.1 Å². The third-order valence-electron chi connectivity index (χ3n) is 2.70. The van der Waals surface area contributed by atoms with Crippen molar-refractivity contribution in [1.29, 1.82) is 0 Å². The van der Waals surface area contributed by atoms with E-state index in [0.29, 0.717) is 22.7 Å². The number of aromatic amines is 1. The maximum absolute atomic E-state index is 12.9. The average Bonchev–Trinajstić information content (AvgIpc) is 2.60. The summed E-state index contributed by atoms with van der Waals surface area (Å²) >= 11 is 0. The van der Waals surface area contributed by atoms with Gasteiger partial charge in [-0.3, -0.25) is 4.79 Å². The Balaban J connectivity index is 2.76. The summed E-state index contributed by atoms with van der Waals surface area (Å²) in [4.78, 5) is 13.3. The Morgan fingerprint density at radius 1 is 1.28 bits per heavy atom. The highest BCUT2D eigenvalue weighted by atomic mass is 19.4. The number of para-hydroxylation sites is 1. The molecule has 0 aliphatic heterocycles. The van der Waals surface area contributed by atoms with E-state index in [4.69, 9.17) is 0 Å². The van der Waals surface area contributed by atoms with Gasteiger partial charge in [0.15, 0.2) is 0 Å². The van der Waals surface area contributed by atoms with E-state index in [1.807, 2.05) is 0 Å². The summed E-state index contributed by atoms with van der Waals surface area (Å²) in [7, 11) is 0. The molecule has 1 N–H and O–H groups in total. The van der Waals surface area contributed by atoms with Crippen molar-refractivity contribution in [2.24, 2.45) is 0 Å². The molecule has 2 nitrogen and oxygen atoms in total. The molecule has 0 saturated carbocycles. The smallest absolute Gasteiger partial charge is 0.358 e. The fourth-order valence-corrected chi connectivity index (χ4v) is 2.01. The largest absolute Gasteiger partial charge is 0.417 e. The molecule has 1 heterocycles. The van der Waals surface area contributed by atoms with Gasteiger partial charge in [-0.1, -0.05) is 18.2 Å². The van der Waals surface area contributed by atoms with Crippen LogP contribution >= 0.6 is 0 Å². The summed E-state index contributed by atoms with van der Waals surface area (Å²) in [6, 6.07) is 6.69. The minimum atomic E-state index is -4.56. The van der Waals surface area contributed by atoms with Crippen LogP contribution in [0.3, 0.4) is 0 Å². The summed E-state index contributed by atoms with van der Waals surface area (Å²) in [5.41, 5.74) is 0.116. The lowest BCUT2D eigenvalue weighted by Crippen LogP contribution is -2.11. The van der Waals surface area contributed by atoms with Crippen LogP contribution in [-0.4, -0.2) is 17.4 Å². The maximum atomic E-state index is 12.9. The third-order valence-corrected chi connectivity index (χ3v) is 2.70. The monoisotopic (exact) mass is 253 g/mol. The zero-order valence-corrected chi connectivity index (χ0v) is 9.51. The molecule has 0 fully saturated rings. The summed E-state index contributed by atoms with van der Waals surface area (Å²) in [6.07, 6.45) is -3.84. The van der Waals surface area contributed by atoms with Crippen LogP contribution in [-0.2, 0) is 4.79 Å². The third kappa shape index (κ3) is 2.03. The number of nitrogens with one attached hydrogen (secondary N) is 1. The van der Waals surface area contributed by atoms with Gasteiger partial charge in [-0.05, 0) is 19.1 Å². The lowest BCUT2D eigenvalue weighted by molar-refractivity contribution is -0.104. The second-order valence-corrected chi connectivity index (χ2v) is 3.88. The van der Waals surface area contributed by atoms with Gasteiger partial charge in [-0.15, -0.1) is 0 Å². The molecule has 0 radical (unpaired) electrons. The first-order chi connectivity index (χ1) is 8.45. The van der Waals surface area contributed by atoms with Crippen LogP contribution < -0.4 is 0 Å². The lowest BCUT2D eigenvalue weighted by Gasteiger charge is -2.11. The number of H-pyrrole nitrogens is 1. The van der Waals surface area contributed by atoms with Crippen molar-refractivity contribution in [3.8, 4) is 0 Å². The van der Waals surface area contributed by atoms with Crippen LogP contribution in [0.2, 0.25) is 0 Å². The number of hydrogen-bond donors (Lipinski definition) is 1. The van der Waals surface area contributed by atoms with Gasteiger partial charge in [0.25, 0.3) is 0 Å². The molecular weight excluding hydrogens is 243 g/mol. The first-order valence-electron chi connectivity index (χ1n) is 5.25. The summed E-state index contributed by atoms with van der Waals surface area (Å²) in [5, 5.41) is 0.459. The van der Waals surface area contributed by atoms with Crippen LogP contribution in [0.15, 0.2) is 30.3 Å². The van der Waals surface area contributed by atoms with Gasteiger partial charge in [0.2, 0.25) is 0 Å². The number of benzene rings is 1. The van der Waals surface area contributed by atoms with Crippen molar-refractivity contribution in [3.05, 3.63) is 41.6 Å². The van der Waals surface area contributed by atoms with E-state index in [2.05, 4.69) is 4.98 Å². The number of carbonyl (C=O) groups is 1. The Labute approximate surface area is 101 Å². The number of rotatable bonds is 2. The highest BCUT2D eigenvalue weighted by molar-refractivity contribution is 5.98. The molecule has 5 heteroatoms. The van der Waals surface area contributed by atoms with Crippen molar-refractivity contribution >= 4 is 22.8 Å². The Morgan fingerprint density at radius 2 is 1.94 bits per heavy atom. The number of aldehydes is 1. The van der Waals surface area contributed by atoms with Gasteiger partial charge in [0, 0.05) is 22.2 Å². The first kappa shape index (κ1) is 12.4. The van der Waals surface area contributed by atoms with Gasteiger partial charge in [-0.25, -0.2) is 0 Å². The average molecular weight is 253 g/mol. The highest BCUT2D eigenvalue weighted by Crippen LogP contribution is 2.38. The van der Waals surface area contributed by atoms with Crippen LogP contribution in [0.5, 0.6) is 0 Å². The number of aromatic nitrogens is 1. The van der Waals surface area contributed by atoms with E-state index < -0.39 is 11.7 Å². The molecule has 2 aromatic rings. The molecule has 2 rings (SSSR count). The molecule has 1 aromatic heterocycles. The fraction of sp³-hybridized carbons (Fsp3) is 0.154. The van der Waals surface area contributed by atoms with Crippen molar-refractivity contribution in [1.82, 2.24) is 4.98 Å². The number of halogens is 3. The topological polar surface area (TPSA) is 32.9 Å². The molecule has 0 aliphatic carbocycles. The van der Waals surface area contributed by atoms with Gasteiger partial charge in [0.1, 0.15) is 6.29 Å². The first-order valence-corrected chi connectivity index (χ1v) is 5.25. The Morgan fingerprint density at radius 3 is 2.56 bits per heavy atom. The molecule has 0 unspecified atom stereocenters. The summed E-state index contributed by atoms with van der Waals surface area (Å²) in [6.45, 7) is 1.56. The van der Waals surface area contributed by atoms with E-state index in [-0.39, 0.29) is 11.8 Å².